The topological polar surface area (TPSA) is 43.1 Å². The third-order valence-electron chi connectivity index (χ3n) is 1.03. The highest BCUT2D eigenvalue weighted by atomic mass is 16.1. The average Bonchev–Trinajstić information content (AvgIpc) is 2.02. The van der Waals surface area contributed by atoms with Crippen LogP contribution in [0.3, 0.4) is 0 Å². The van der Waals surface area contributed by atoms with Crippen LogP contribution < -0.4 is 5.73 Å². The molecule has 0 bridgehead atoms. The molecular formula is C8H21NO. The van der Waals surface area contributed by atoms with Gasteiger partial charge in [-0.25, -0.2) is 0 Å². The summed E-state index contributed by atoms with van der Waals surface area (Å²) in [5, 5.41) is 0. The zero-order valence-electron chi connectivity index (χ0n) is 7.10. The number of hydrogen-bond acceptors (Lipinski definition) is 2. The van der Waals surface area contributed by atoms with Gasteiger partial charge in [0.2, 0.25) is 0 Å². The maximum atomic E-state index is 9.74. The second-order valence-corrected chi connectivity index (χ2v) is 1.80. The first-order chi connectivity index (χ1) is 4.91. The Kier molecular flexibility index (Phi) is 19.5. The van der Waals surface area contributed by atoms with E-state index >= 15 is 0 Å². The van der Waals surface area contributed by atoms with Crippen molar-refractivity contribution < 1.29 is 6.22 Å². The number of carbonyl (C=O) groups is 1. The van der Waals surface area contributed by atoms with E-state index < -0.39 is 0 Å². The first-order valence-electron chi connectivity index (χ1n) is 4.05. The number of hydrogen-bond donors (Lipinski definition) is 1. The summed E-state index contributed by atoms with van der Waals surface area (Å²) in [5.74, 6) is 0. The molecule has 0 aliphatic heterocycles. The minimum Gasteiger partial charge on any atom is -0.330 e. The molecule has 0 saturated heterocycles. The van der Waals surface area contributed by atoms with Crippen LogP contribution in [0.1, 0.15) is 41.0 Å². The predicted molar refractivity (Wildman–Crippen MR) is 47.0 cm³/mol. The lowest BCUT2D eigenvalue weighted by Crippen LogP contribution is -1.97. The molecule has 2 heteroatoms. The van der Waals surface area contributed by atoms with E-state index in [9.17, 15) is 4.79 Å². The summed E-state index contributed by atoms with van der Waals surface area (Å²) in [7, 11) is 0. The van der Waals surface area contributed by atoms with Crippen molar-refractivity contribution in [1.82, 2.24) is 0 Å². The summed E-state index contributed by atoms with van der Waals surface area (Å²) in [4.78, 5) is 9.74. The highest BCUT2D eigenvalue weighted by Crippen LogP contribution is 1.94. The lowest BCUT2D eigenvalue weighted by atomic mass is 10.2. The molecule has 0 atom stereocenters. The smallest absolute Gasteiger partial charge is 0.119 e. The molecule has 10 heavy (non-hydrogen) atoms. The number of unbranched alkanes of at least 4 members (excludes halogenated alkanes) is 3. The monoisotopic (exact) mass is 147 g/mol. The molecular weight excluding hydrogens is 126 g/mol. The molecule has 0 aromatic carbocycles. The fraction of sp³-hybridized carbons (Fsp3) is 0.875. The molecule has 0 saturated carbocycles. The van der Waals surface area contributed by atoms with Gasteiger partial charge in [0.15, 0.2) is 0 Å². The summed E-state index contributed by atoms with van der Waals surface area (Å²) >= 11 is 0. The average molecular weight is 147 g/mol. The molecule has 0 spiro atoms. The Labute approximate surface area is 65.3 Å². The Morgan fingerprint density at radius 1 is 1.30 bits per heavy atom. The second-order valence-electron chi connectivity index (χ2n) is 1.80. The summed E-state index contributed by atoms with van der Waals surface area (Å²) in [6, 6.07) is 0. The van der Waals surface area contributed by atoms with E-state index in [2.05, 4.69) is 0 Å². The van der Waals surface area contributed by atoms with Gasteiger partial charge in [0.25, 0.3) is 0 Å². The van der Waals surface area contributed by atoms with E-state index in [1.54, 1.807) is 0 Å². The third kappa shape index (κ3) is 15.6. The maximum Gasteiger partial charge on any atom is 0.119 e. The lowest BCUT2D eigenvalue weighted by molar-refractivity contribution is -0.107. The van der Waals surface area contributed by atoms with Crippen LogP contribution in [0.15, 0.2) is 0 Å². The van der Waals surface area contributed by atoms with Gasteiger partial charge in [0.1, 0.15) is 6.29 Å². The van der Waals surface area contributed by atoms with Crippen molar-refractivity contribution in [2.24, 2.45) is 5.73 Å². The molecule has 0 aliphatic rings. The molecule has 0 aliphatic carbocycles. The maximum absolute atomic E-state index is 9.74. The first kappa shape index (κ1) is 12.3. The van der Waals surface area contributed by atoms with Crippen LogP contribution in [-0.2, 0) is 4.79 Å². The molecule has 0 radical (unpaired) electrons. The zero-order chi connectivity index (χ0) is 8.24. The third-order valence-corrected chi connectivity index (χ3v) is 1.03. The van der Waals surface area contributed by atoms with Gasteiger partial charge in [-0.2, -0.15) is 0 Å². The van der Waals surface area contributed by atoms with Crippen molar-refractivity contribution in [1.29, 1.82) is 0 Å². The Bertz CT molecular complexity index is 60.1. The number of carbonyl (C=O) groups excluding carboxylic acids is 1. The molecule has 0 rings (SSSR count). The fourth-order valence-corrected chi connectivity index (χ4v) is 0.549. The van der Waals surface area contributed by atoms with E-state index in [0.29, 0.717) is 6.42 Å². The Balaban J connectivity index is -0.000000196. The SMILES string of the molecule is CC.NCCCCCC=O.[HH]. The zero-order valence-corrected chi connectivity index (χ0v) is 7.10. The highest BCUT2D eigenvalue weighted by molar-refractivity contribution is 5.48. The van der Waals surface area contributed by atoms with Crippen LogP contribution in [0.25, 0.3) is 0 Å². The van der Waals surface area contributed by atoms with Crippen LogP contribution in [0.5, 0.6) is 0 Å². The van der Waals surface area contributed by atoms with Gasteiger partial charge < -0.3 is 10.5 Å². The molecule has 2 nitrogen and oxygen atoms in total. The standard InChI is InChI=1S/C6H13NO.C2H6.H2/c7-5-3-1-2-4-6-8;1-2;/h6H,1-5,7H2;1-2H3;1H. The van der Waals surface area contributed by atoms with Gasteiger partial charge >= 0.3 is 0 Å². The van der Waals surface area contributed by atoms with Crippen molar-refractivity contribution in [2.45, 2.75) is 39.5 Å². The van der Waals surface area contributed by atoms with Gasteiger partial charge in [0, 0.05) is 7.85 Å². The molecule has 0 aromatic rings. The summed E-state index contributed by atoms with van der Waals surface area (Å²) in [6.07, 6.45) is 4.79. The quantitative estimate of drug-likeness (QED) is 0.477. The van der Waals surface area contributed by atoms with Gasteiger partial charge in [-0.1, -0.05) is 20.3 Å². The van der Waals surface area contributed by atoms with Crippen LogP contribution in [0.4, 0.5) is 0 Å². The Morgan fingerprint density at radius 2 is 1.90 bits per heavy atom. The van der Waals surface area contributed by atoms with Gasteiger partial charge in [-0.15, -0.1) is 0 Å². The fourth-order valence-electron chi connectivity index (χ4n) is 0.549. The minimum absolute atomic E-state index is 0. The number of aldehydes is 1. The van der Waals surface area contributed by atoms with E-state index in [1.165, 1.54) is 0 Å². The van der Waals surface area contributed by atoms with E-state index in [4.69, 9.17) is 5.73 Å². The van der Waals surface area contributed by atoms with Crippen LogP contribution in [0, 0.1) is 0 Å². The van der Waals surface area contributed by atoms with Crippen LogP contribution >= 0.6 is 0 Å². The number of nitrogens with two attached hydrogens (primary N) is 1. The van der Waals surface area contributed by atoms with Crippen molar-refractivity contribution in [3.63, 3.8) is 0 Å². The molecule has 2 N–H and O–H groups in total. The highest BCUT2D eigenvalue weighted by Gasteiger charge is 1.83. The Morgan fingerprint density at radius 3 is 2.30 bits per heavy atom. The minimum atomic E-state index is 0. The molecule has 0 heterocycles. The van der Waals surface area contributed by atoms with E-state index in [1.807, 2.05) is 13.8 Å². The van der Waals surface area contributed by atoms with Gasteiger partial charge in [-0.3, -0.25) is 0 Å². The van der Waals surface area contributed by atoms with Crippen molar-refractivity contribution >= 4 is 6.29 Å². The van der Waals surface area contributed by atoms with Crippen molar-refractivity contribution in [3.8, 4) is 0 Å². The Hall–Kier alpha value is -0.370. The molecule has 0 fully saturated rings. The number of rotatable bonds is 5. The molecule has 0 amide bonds. The summed E-state index contributed by atoms with van der Waals surface area (Å²) < 4.78 is 0. The second kappa shape index (κ2) is 15.9. The molecule has 0 aromatic heterocycles. The van der Waals surface area contributed by atoms with Crippen LogP contribution in [0.2, 0.25) is 0 Å². The van der Waals surface area contributed by atoms with E-state index in [-0.39, 0.29) is 1.43 Å². The lowest BCUT2D eigenvalue weighted by Gasteiger charge is -1.90. The van der Waals surface area contributed by atoms with Crippen molar-refractivity contribution in [3.05, 3.63) is 0 Å². The van der Waals surface area contributed by atoms with Crippen LogP contribution in [-0.4, -0.2) is 12.8 Å². The van der Waals surface area contributed by atoms with Gasteiger partial charge in [-0.05, 0) is 19.4 Å². The van der Waals surface area contributed by atoms with Gasteiger partial charge in [0.05, 0.1) is 0 Å². The first-order valence-corrected chi connectivity index (χ1v) is 4.05. The summed E-state index contributed by atoms with van der Waals surface area (Å²) in [6.45, 7) is 4.75. The van der Waals surface area contributed by atoms with E-state index in [0.717, 1.165) is 32.1 Å². The normalized spacial score (nSPS) is 7.90. The predicted octanol–water partition coefficient (Wildman–Crippen LogP) is 1.98. The molecule has 64 valence electrons. The van der Waals surface area contributed by atoms with Crippen molar-refractivity contribution in [2.75, 3.05) is 6.54 Å². The largest absolute Gasteiger partial charge is 0.330 e. The summed E-state index contributed by atoms with van der Waals surface area (Å²) in [5.41, 5.74) is 5.22. The molecule has 0 unspecified atom stereocenters.